The van der Waals surface area contributed by atoms with Gasteiger partial charge >= 0.3 is 0 Å². The maximum atomic E-state index is 11.8. The maximum Gasteiger partial charge on any atom is 0.267 e. The standard InChI is InChI=1S/C10H13N3OS2/c14-10(9-2-1-3-11-6-9)12-13-7-15-4-5-16-8-13/h1-3,6H,4-5,7-8H2,(H,12,14). The molecule has 1 aromatic heterocycles. The van der Waals surface area contributed by atoms with Crippen LogP contribution < -0.4 is 5.43 Å². The first-order chi connectivity index (χ1) is 7.86. The summed E-state index contributed by atoms with van der Waals surface area (Å²) in [5.74, 6) is 3.89. The third-order valence-corrected chi connectivity index (χ3v) is 4.28. The molecule has 6 heteroatoms. The van der Waals surface area contributed by atoms with Gasteiger partial charge in [0.05, 0.1) is 17.3 Å². The molecule has 1 fully saturated rings. The molecule has 4 nitrogen and oxygen atoms in total. The second-order valence-electron chi connectivity index (χ2n) is 3.30. The van der Waals surface area contributed by atoms with Gasteiger partial charge in [-0.1, -0.05) is 0 Å². The Kier molecular flexibility index (Phi) is 4.50. The summed E-state index contributed by atoms with van der Waals surface area (Å²) in [5, 5.41) is 1.94. The first-order valence-electron chi connectivity index (χ1n) is 4.98. The molecule has 86 valence electrons. The van der Waals surface area contributed by atoms with Crippen molar-refractivity contribution in [2.45, 2.75) is 0 Å². The van der Waals surface area contributed by atoms with Gasteiger partial charge < -0.3 is 0 Å². The van der Waals surface area contributed by atoms with Gasteiger partial charge in [0.2, 0.25) is 0 Å². The normalized spacial score (nSPS) is 17.8. The number of aromatic nitrogens is 1. The van der Waals surface area contributed by atoms with Gasteiger partial charge in [-0.05, 0) is 12.1 Å². The van der Waals surface area contributed by atoms with Gasteiger partial charge in [0.15, 0.2) is 0 Å². The van der Waals surface area contributed by atoms with Gasteiger partial charge in [-0.25, -0.2) is 5.01 Å². The van der Waals surface area contributed by atoms with Gasteiger partial charge in [0, 0.05) is 23.9 Å². The van der Waals surface area contributed by atoms with Crippen LogP contribution in [0.1, 0.15) is 10.4 Å². The summed E-state index contributed by atoms with van der Waals surface area (Å²) in [6, 6.07) is 3.53. The molecule has 1 amide bonds. The summed E-state index contributed by atoms with van der Waals surface area (Å²) in [5.41, 5.74) is 3.49. The quantitative estimate of drug-likeness (QED) is 0.866. The Morgan fingerprint density at radius 2 is 2.12 bits per heavy atom. The van der Waals surface area contributed by atoms with Crippen LogP contribution in [-0.4, -0.2) is 39.2 Å². The second kappa shape index (κ2) is 6.12. The monoisotopic (exact) mass is 255 g/mol. The van der Waals surface area contributed by atoms with Gasteiger partial charge in [0.25, 0.3) is 5.91 Å². The van der Waals surface area contributed by atoms with E-state index in [0.717, 1.165) is 23.3 Å². The van der Waals surface area contributed by atoms with E-state index in [2.05, 4.69) is 10.4 Å². The van der Waals surface area contributed by atoms with Crippen molar-refractivity contribution >= 4 is 29.4 Å². The number of nitrogens with one attached hydrogen (secondary N) is 1. The van der Waals surface area contributed by atoms with Crippen molar-refractivity contribution in [1.29, 1.82) is 0 Å². The number of thioether (sulfide) groups is 2. The van der Waals surface area contributed by atoms with Crippen LogP contribution in [0, 0.1) is 0 Å². The molecule has 2 rings (SSSR count). The molecule has 0 saturated carbocycles. The zero-order valence-electron chi connectivity index (χ0n) is 8.76. The van der Waals surface area contributed by atoms with Crippen LogP contribution in [0.15, 0.2) is 24.5 Å². The van der Waals surface area contributed by atoms with Crippen molar-refractivity contribution in [3.63, 3.8) is 0 Å². The van der Waals surface area contributed by atoms with Crippen LogP contribution in [0.4, 0.5) is 0 Å². The smallest absolute Gasteiger partial charge is 0.267 e. The molecule has 0 bridgehead atoms. The maximum absolute atomic E-state index is 11.8. The third kappa shape index (κ3) is 3.40. The van der Waals surface area contributed by atoms with E-state index in [1.54, 1.807) is 24.5 Å². The molecule has 2 heterocycles. The minimum atomic E-state index is -0.0869. The molecule has 1 aliphatic rings. The lowest BCUT2D eigenvalue weighted by Gasteiger charge is -2.19. The summed E-state index contributed by atoms with van der Waals surface area (Å²) >= 11 is 3.67. The number of carbonyl (C=O) groups excluding carboxylic acids is 1. The zero-order chi connectivity index (χ0) is 11.2. The molecule has 1 aliphatic heterocycles. The fraction of sp³-hybridized carbons (Fsp3) is 0.400. The van der Waals surface area contributed by atoms with Crippen LogP contribution in [0.3, 0.4) is 0 Å². The van der Waals surface area contributed by atoms with Gasteiger partial charge in [-0.15, -0.1) is 23.5 Å². The van der Waals surface area contributed by atoms with Crippen molar-refractivity contribution in [1.82, 2.24) is 15.4 Å². The van der Waals surface area contributed by atoms with Crippen molar-refractivity contribution in [2.75, 3.05) is 23.3 Å². The van der Waals surface area contributed by atoms with E-state index in [1.165, 1.54) is 0 Å². The van der Waals surface area contributed by atoms with Gasteiger partial charge in [-0.2, -0.15) is 0 Å². The molecule has 0 unspecified atom stereocenters. The molecule has 0 aromatic carbocycles. The summed E-state index contributed by atoms with van der Waals surface area (Å²) in [4.78, 5) is 15.7. The molecule has 0 atom stereocenters. The number of amides is 1. The fourth-order valence-electron chi connectivity index (χ4n) is 1.27. The predicted molar refractivity (Wildman–Crippen MR) is 68.2 cm³/mol. The SMILES string of the molecule is O=C(NN1CSCCSC1)c1cccnc1. The summed E-state index contributed by atoms with van der Waals surface area (Å²) in [7, 11) is 0. The fourth-order valence-corrected chi connectivity index (χ4v) is 3.34. The van der Waals surface area contributed by atoms with Crippen LogP contribution >= 0.6 is 23.5 Å². The highest BCUT2D eigenvalue weighted by Crippen LogP contribution is 2.15. The van der Waals surface area contributed by atoms with Crippen LogP contribution in [-0.2, 0) is 0 Å². The van der Waals surface area contributed by atoms with Crippen molar-refractivity contribution < 1.29 is 4.79 Å². The zero-order valence-corrected chi connectivity index (χ0v) is 10.4. The van der Waals surface area contributed by atoms with Crippen molar-refractivity contribution in [3.8, 4) is 0 Å². The molecule has 1 aromatic rings. The number of nitrogens with zero attached hydrogens (tertiary/aromatic N) is 2. The highest BCUT2D eigenvalue weighted by Gasteiger charge is 2.13. The molecule has 16 heavy (non-hydrogen) atoms. The predicted octanol–water partition coefficient (Wildman–Crippen LogP) is 1.42. The van der Waals surface area contributed by atoms with E-state index in [4.69, 9.17) is 0 Å². The van der Waals surface area contributed by atoms with E-state index >= 15 is 0 Å². The average molecular weight is 255 g/mol. The highest BCUT2D eigenvalue weighted by molar-refractivity contribution is 8.03. The summed E-state index contributed by atoms with van der Waals surface area (Å²) in [6.07, 6.45) is 3.24. The Morgan fingerprint density at radius 3 is 2.75 bits per heavy atom. The summed E-state index contributed by atoms with van der Waals surface area (Å²) in [6.45, 7) is 0. The molecule has 0 radical (unpaired) electrons. The Balaban J connectivity index is 1.91. The average Bonchev–Trinajstić information content (AvgIpc) is 2.59. The number of rotatable bonds is 2. The lowest BCUT2D eigenvalue weighted by Crippen LogP contribution is -2.41. The van der Waals surface area contributed by atoms with E-state index in [-0.39, 0.29) is 5.91 Å². The van der Waals surface area contributed by atoms with E-state index in [0.29, 0.717) is 5.56 Å². The number of carbonyl (C=O) groups is 1. The van der Waals surface area contributed by atoms with Crippen LogP contribution in [0.5, 0.6) is 0 Å². The van der Waals surface area contributed by atoms with Gasteiger partial charge in [-0.3, -0.25) is 15.2 Å². The largest absolute Gasteiger partial charge is 0.283 e. The third-order valence-electron chi connectivity index (χ3n) is 2.05. The van der Waals surface area contributed by atoms with E-state index in [1.807, 2.05) is 28.5 Å². The number of hydrogen-bond donors (Lipinski definition) is 1. The van der Waals surface area contributed by atoms with Crippen LogP contribution in [0.2, 0.25) is 0 Å². The molecular weight excluding hydrogens is 242 g/mol. The summed E-state index contributed by atoms with van der Waals surface area (Å²) < 4.78 is 0. The number of pyridine rings is 1. The van der Waals surface area contributed by atoms with Gasteiger partial charge in [0.1, 0.15) is 0 Å². The highest BCUT2D eigenvalue weighted by atomic mass is 32.2. The lowest BCUT2D eigenvalue weighted by atomic mass is 10.3. The number of hydrogen-bond acceptors (Lipinski definition) is 5. The second-order valence-corrected chi connectivity index (χ2v) is 5.45. The van der Waals surface area contributed by atoms with Crippen molar-refractivity contribution in [2.24, 2.45) is 0 Å². The Bertz CT molecular complexity index is 339. The first kappa shape index (κ1) is 11.8. The van der Waals surface area contributed by atoms with Crippen molar-refractivity contribution in [3.05, 3.63) is 30.1 Å². The minimum absolute atomic E-state index is 0.0869. The Morgan fingerprint density at radius 1 is 1.38 bits per heavy atom. The molecule has 0 aliphatic carbocycles. The Hall–Kier alpha value is -0.720. The Labute approximate surface area is 103 Å². The first-order valence-corrected chi connectivity index (χ1v) is 7.28. The number of hydrazine groups is 1. The van der Waals surface area contributed by atoms with Crippen LogP contribution in [0.25, 0.3) is 0 Å². The van der Waals surface area contributed by atoms with E-state index in [9.17, 15) is 4.79 Å². The molecule has 1 saturated heterocycles. The van der Waals surface area contributed by atoms with E-state index < -0.39 is 0 Å². The molecule has 0 spiro atoms. The molecular formula is C10H13N3OS2. The molecule has 1 N–H and O–H groups in total. The minimum Gasteiger partial charge on any atom is -0.283 e. The topological polar surface area (TPSA) is 45.2 Å². The lowest BCUT2D eigenvalue weighted by molar-refractivity contribution is 0.0844.